The summed E-state index contributed by atoms with van der Waals surface area (Å²) in [6.07, 6.45) is 11.0. The molecule has 0 unspecified atom stereocenters. The van der Waals surface area contributed by atoms with Crippen LogP contribution in [0, 0.1) is 12.8 Å². The summed E-state index contributed by atoms with van der Waals surface area (Å²) >= 11 is 0. The molecule has 7 heteroatoms. The van der Waals surface area contributed by atoms with Gasteiger partial charge < -0.3 is 19.3 Å². The smallest absolute Gasteiger partial charge is 0.254 e. The van der Waals surface area contributed by atoms with E-state index in [1.807, 2.05) is 37.8 Å². The number of rotatable bonds is 5. The molecule has 2 aliphatic carbocycles. The number of benzene rings is 1. The van der Waals surface area contributed by atoms with Crippen molar-refractivity contribution >= 4 is 11.7 Å². The highest BCUT2D eigenvalue weighted by molar-refractivity contribution is 6.04. The van der Waals surface area contributed by atoms with Crippen molar-refractivity contribution in [1.82, 2.24) is 14.8 Å². The first-order valence-electron chi connectivity index (χ1n) is 14.9. The normalized spacial score (nSPS) is 26.0. The second kappa shape index (κ2) is 10.4. The van der Waals surface area contributed by atoms with E-state index in [2.05, 4.69) is 37.0 Å². The van der Waals surface area contributed by atoms with E-state index in [4.69, 9.17) is 9.47 Å². The first kappa shape index (κ1) is 27.7. The minimum atomic E-state index is -0.792. The standard InChI is InChI=1S/C34H41N3O4/c1-20-17-21(2)27(28(38)18-20)19-37-16-13-26-29(33(37)39)22(3)31-32(30(26)23-11-14-35-15-12-23)41-34(4,40-31)24-7-9-25(10-8-24)36(5)6/h11-12,14-15,17,24-25H,7-10,13,16,18-19H2,1-6H3/t24?,25?,34-/m1/s1. The number of hydrogen-bond acceptors (Lipinski definition) is 6. The fraction of sp³-hybridized carbons (Fsp3) is 0.500. The highest BCUT2D eigenvalue weighted by Gasteiger charge is 2.49. The van der Waals surface area contributed by atoms with E-state index in [0.29, 0.717) is 43.3 Å². The zero-order chi connectivity index (χ0) is 29.1. The molecule has 0 bridgehead atoms. The number of nitrogens with zero attached hydrogens (tertiary/aromatic N) is 3. The van der Waals surface area contributed by atoms with Gasteiger partial charge in [-0.3, -0.25) is 14.6 Å². The summed E-state index contributed by atoms with van der Waals surface area (Å²) in [6.45, 7) is 8.87. The number of aromatic nitrogens is 1. The largest absolute Gasteiger partial charge is 0.448 e. The van der Waals surface area contributed by atoms with Crippen molar-refractivity contribution in [3.05, 3.63) is 64.0 Å². The second-order valence-corrected chi connectivity index (χ2v) is 12.7. The van der Waals surface area contributed by atoms with Crippen LogP contribution in [0.15, 0.2) is 47.3 Å². The van der Waals surface area contributed by atoms with Crippen molar-refractivity contribution in [3.63, 3.8) is 0 Å². The molecule has 2 aliphatic heterocycles. The molecule has 7 nitrogen and oxygen atoms in total. The Morgan fingerprint density at radius 3 is 2.34 bits per heavy atom. The third-order valence-corrected chi connectivity index (χ3v) is 9.70. The van der Waals surface area contributed by atoms with Gasteiger partial charge in [0.25, 0.3) is 11.7 Å². The van der Waals surface area contributed by atoms with Crippen LogP contribution >= 0.6 is 0 Å². The van der Waals surface area contributed by atoms with E-state index in [1.165, 1.54) is 0 Å². The van der Waals surface area contributed by atoms with Gasteiger partial charge in [0.05, 0.1) is 5.56 Å². The van der Waals surface area contributed by atoms with Crippen molar-refractivity contribution in [2.45, 2.75) is 78.0 Å². The molecule has 41 heavy (non-hydrogen) atoms. The Labute approximate surface area is 243 Å². The van der Waals surface area contributed by atoms with Gasteiger partial charge in [-0.05, 0) is 95.8 Å². The number of carbonyl (C=O) groups excluding carboxylic acids is 2. The summed E-state index contributed by atoms with van der Waals surface area (Å²) in [5.74, 6) is 0.937. The van der Waals surface area contributed by atoms with Crippen LogP contribution in [0.4, 0.5) is 0 Å². The molecule has 0 saturated heterocycles. The van der Waals surface area contributed by atoms with Gasteiger partial charge in [-0.15, -0.1) is 0 Å². The maximum absolute atomic E-state index is 14.2. The van der Waals surface area contributed by atoms with E-state index < -0.39 is 5.79 Å². The van der Waals surface area contributed by atoms with Crippen LogP contribution in [-0.4, -0.2) is 65.5 Å². The molecule has 0 spiro atoms. The van der Waals surface area contributed by atoms with E-state index in [0.717, 1.165) is 70.4 Å². The molecule has 1 saturated carbocycles. The Hall–Kier alpha value is -3.45. The van der Waals surface area contributed by atoms with Gasteiger partial charge in [0, 0.05) is 67.5 Å². The van der Waals surface area contributed by atoms with Gasteiger partial charge in [0.15, 0.2) is 17.3 Å². The summed E-state index contributed by atoms with van der Waals surface area (Å²) in [6, 6.07) is 4.54. The highest BCUT2D eigenvalue weighted by atomic mass is 16.7. The van der Waals surface area contributed by atoms with Gasteiger partial charge in [0.1, 0.15) is 0 Å². The minimum absolute atomic E-state index is 0.0510. The quantitative estimate of drug-likeness (QED) is 0.458. The lowest BCUT2D eigenvalue weighted by atomic mass is 9.81. The monoisotopic (exact) mass is 555 g/mol. The maximum Gasteiger partial charge on any atom is 0.254 e. The Balaban J connectivity index is 1.39. The summed E-state index contributed by atoms with van der Waals surface area (Å²) in [7, 11) is 4.31. The fourth-order valence-corrected chi connectivity index (χ4v) is 7.33. The third-order valence-electron chi connectivity index (χ3n) is 9.70. The molecular formula is C34H41N3O4. The summed E-state index contributed by atoms with van der Waals surface area (Å²) in [5.41, 5.74) is 7.16. The SMILES string of the molecule is CC1=CC(C)=C(CN2CCc3c(c(C)c4c(c3-c3ccncc3)O[C@](C)(C3CCC(N(C)C)CC3)O4)C2=O)C(=O)C1. The first-order valence-corrected chi connectivity index (χ1v) is 14.9. The van der Waals surface area contributed by atoms with E-state index in [-0.39, 0.29) is 17.6 Å². The molecule has 216 valence electrons. The van der Waals surface area contributed by atoms with Crippen LogP contribution in [0.2, 0.25) is 0 Å². The number of allylic oxidation sites excluding steroid dienone is 3. The number of fused-ring (bicyclic) bond motifs is 2. The molecular weight excluding hydrogens is 514 g/mol. The van der Waals surface area contributed by atoms with Crippen LogP contribution in [-0.2, 0) is 11.2 Å². The maximum atomic E-state index is 14.2. The summed E-state index contributed by atoms with van der Waals surface area (Å²) in [5, 5.41) is 0. The van der Waals surface area contributed by atoms with Crippen LogP contribution in [0.3, 0.4) is 0 Å². The lowest BCUT2D eigenvalue weighted by Gasteiger charge is -2.39. The molecule has 4 aliphatic rings. The number of carbonyl (C=O) groups is 2. The Bertz CT molecular complexity index is 1470. The van der Waals surface area contributed by atoms with Gasteiger partial charge in [0.2, 0.25) is 0 Å². The Morgan fingerprint density at radius 2 is 1.68 bits per heavy atom. The average molecular weight is 556 g/mol. The lowest BCUT2D eigenvalue weighted by molar-refractivity contribution is -0.123. The summed E-state index contributed by atoms with van der Waals surface area (Å²) < 4.78 is 13.6. The molecule has 1 amide bonds. The van der Waals surface area contributed by atoms with Crippen molar-refractivity contribution in [1.29, 1.82) is 0 Å². The molecule has 0 N–H and O–H groups in total. The average Bonchev–Trinajstić information content (AvgIpc) is 3.31. The topological polar surface area (TPSA) is 72.0 Å². The van der Waals surface area contributed by atoms with Gasteiger partial charge in [-0.1, -0.05) is 11.6 Å². The van der Waals surface area contributed by atoms with Crippen molar-refractivity contribution in [2.24, 2.45) is 5.92 Å². The van der Waals surface area contributed by atoms with E-state index >= 15 is 0 Å². The van der Waals surface area contributed by atoms with Gasteiger partial charge in [-0.2, -0.15) is 0 Å². The highest BCUT2D eigenvalue weighted by Crippen LogP contribution is 2.55. The van der Waals surface area contributed by atoms with Crippen molar-refractivity contribution in [3.8, 4) is 22.6 Å². The van der Waals surface area contributed by atoms with Crippen molar-refractivity contribution < 1.29 is 19.1 Å². The molecule has 1 fully saturated rings. The molecule has 1 aromatic carbocycles. The third kappa shape index (κ3) is 4.78. The van der Waals surface area contributed by atoms with Gasteiger partial charge >= 0.3 is 0 Å². The predicted molar refractivity (Wildman–Crippen MR) is 159 cm³/mol. The number of ether oxygens (including phenoxy) is 2. The van der Waals surface area contributed by atoms with Crippen molar-refractivity contribution in [2.75, 3.05) is 27.2 Å². The van der Waals surface area contributed by atoms with Crippen LogP contribution in [0.1, 0.15) is 74.4 Å². The van der Waals surface area contributed by atoms with E-state index in [9.17, 15) is 9.59 Å². The number of hydrogen-bond donors (Lipinski definition) is 0. The Morgan fingerprint density at radius 1 is 1.00 bits per heavy atom. The number of amides is 1. The fourth-order valence-electron chi connectivity index (χ4n) is 7.33. The number of Topliss-reactive ketones (excluding diaryl/α,β-unsaturated/α-hetero) is 1. The Kier molecular flexibility index (Phi) is 7.05. The molecule has 0 radical (unpaired) electrons. The molecule has 3 heterocycles. The number of pyridine rings is 1. The molecule has 6 rings (SSSR count). The van der Waals surface area contributed by atoms with Gasteiger partial charge in [-0.25, -0.2) is 0 Å². The molecule has 2 aromatic rings. The van der Waals surface area contributed by atoms with Crippen LogP contribution < -0.4 is 9.47 Å². The minimum Gasteiger partial charge on any atom is -0.448 e. The zero-order valence-electron chi connectivity index (χ0n) is 25.2. The molecule has 1 atom stereocenters. The first-order chi connectivity index (χ1) is 19.6. The molecule has 1 aromatic heterocycles. The predicted octanol–water partition coefficient (Wildman–Crippen LogP) is 5.90. The van der Waals surface area contributed by atoms with Crippen LogP contribution in [0.5, 0.6) is 11.5 Å². The second-order valence-electron chi connectivity index (χ2n) is 12.7. The zero-order valence-corrected chi connectivity index (χ0v) is 25.2. The lowest BCUT2D eigenvalue weighted by Crippen LogP contribution is -2.46. The summed E-state index contributed by atoms with van der Waals surface area (Å²) in [4.78, 5) is 35.5. The van der Waals surface area contributed by atoms with Crippen LogP contribution in [0.25, 0.3) is 11.1 Å². The van der Waals surface area contributed by atoms with E-state index in [1.54, 1.807) is 12.4 Å². The number of ketones is 1.